The van der Waals surface area contributed by atoms with E-state index in [9.17, 15) is 0 Å². The standard InChI is InChI=1S/C16H35N3O/c1-5-7-8-10-18-16(17-6-2)19-13-15(9-11-20)12-14(3)4/h14-15,20H,5-13H2,1-4H3,(H2,17,18,19). The third-order valence-electron chi connectivity index (χ3n) is 3.27. The van der Waals surface area contributed by atoms with Crippen molar-refractivity contribution >= 4 is 5.96 Å². The number of aliphatic hydroxyl groups is 1. The van der Waals surface area contributed by atoms with Crippen LogP contribution in [0.4, 0.5) is 0 Å². The quantitative estimate of drug-likeness (QED) is 0.311. The van der Waals surface area contributed by atoms with Crippen LogP contribution in [0.5, 0.6) is 0 Å². The molecule has 0 aliphatic carbocycles. The van der Waals surface area contributed by atoms with Crippen LogP contribution in [0.3, 0.4) is 0 Å². The fourth-order valence-corrected chi connectivity index (χ4v) is 2.28. The molecule has 120 valence electrons. The number of nitrogens with one attached hydrogen (secondary N) is 2. The van der Waals surface area contributed by atoms with Gasteiger partial charge in [-0.15, -0.1) is 0 Å². The lowest BCUT2D eigenvalue weighted by atomic mass is 9.94. The Hall–Kier alpha value is -0.770. The van der Waals surface area contributed by atoms with Crippen molar-refractivity contribution in [1.29, 1.82) is 0 Å². The summed E-state index contributed by atoms with van der Waals surface area (Å²) in [7, 11) is 0. The van der Waals surface area contributed by atoms with Crippen LogP contribution in [0, 0.1) is 11.8 Å². The zero-order valence-electron chi connectivity index (χ0n) is 13.9. The largest absolute Gasteiger partial charge is 0.396 e. The third kappa shape index (κ3) is 11.1. The first kappa shape index (κ1) is 19.2. The summed E-state index contributed by atoms with van der Waals surface area (Å²) in [5.74, 6) is 2.04. The van der Waals surface area contributed by atoms with E-state index < -0.39 is 0 Å². The SMILES string of the molecule is CCCCCNC(=NCC(CCO)CC(C)C)NCC. The van der Waals surface area contributed by atoms with Gasteiger partial charge in [-0.25, -0.2) is 0 Å². The molecule has 3 N–H and O–H groups in total. The highest BCUT2D eigenvalue weighted by Gasteiger charge is 2.10. The Morgan fingerprint density at radius 1 is 1.15 bits per heavy atom. The van der Waals surface area contributed by atoms with Crippen molar-refractivity contribution in [3.05, 3.63) is 0 Å². The van der Waals surface area contributed by atoms with Crippen LogP contribution in [-0.2, 0) is 0 Å². The summed E-state index contributed by atoms with van der Waals surface area (Å²) in [4.78, 5) is 4.67. The molecule has 0 amide bonds. The lowest BCUT2D eigenvalue weighted by Gasteiger charge is -2.17. The molecule has 0 aliphatic heterocycles. The van der Waals surface area contributed by atoms with Crippen LogP contribution in [0.25, 0.3) is 0 Å². The molecule has 0 aromatic carbocycles. The molecular formula is C16H35N3O. The first-order chi connectivity index (χ1) is 9.63. The first-order valence-electron chi connectivity index (χ1n) is 8.27. The van der Waals surface area contributed by atoms with Gasteiger partial charge in [0.2, 0.25) is 0 Å². The molecule has 0 radical (unpaired) electrons. The number of unbranched alkanes of at least 4 members (excludes halogenated alkanes) is 2. The van der Waals surface area contributed by atoms with Gasteiger partial charge in [-0.05, 0) is 38.0 Å². The Bertz CT molecular complexity index is 242. The predicted molar refractivity (Wildman–Crippen MR) is 88.2 cm³/mol. The zero-order valence-corrected chi connectivity index (χ0v) is 13.9. The molecular weight excluding hydrogens is 250 g/mol. The normalized spacial score (nSPS) is 13.6. The van der Waals surface area contributed by atoms with E-state index in [1.165, 1.54) is 19.3 Å². The summed E-state index contributed by atoms with van der Waals surface area (Å²) in [6, 6.07) is 0. The van der Waals surface area contributed by atoms with Crippen LogP contribution in [0.15, 0.2) is 4.99 Å². The summed E-state index contributed by atoms with van der Waals surface area (Å²) in [6.07, 6.45) is 5.65. The number of aliphatic hydroxyl groups excluding tert-OH is 1. The van der Waals surface area contributed by atoms with Gasteiger partial charge >= 0.3 is 0 Å². The van der Waals surface area contributed by atoms with Crippen LogP contribution >= 0.6 is 0 Å². The van der Waals surface area contributed by atoms with Crippen LogP contribution in [-0.4, -0.2) is 37.3 Å². The smallest absolute Gasteiger partial charge is 0.191 e. The van der Waals surface area contributed by atoms with Crippen molar-refractivity contribution in [1.82, 2.24) is 10.6 Å². The fourth-order valence-electron chi connectivity index (χ4n) is 2.28. The van der Waals surface area contributed by atoms with E-state index in [2.05, 4.69) is 43.3 Å². The monoisotopic (exact) mass is 285 g/mol. The summed E-state index contributed by atoms with van der Waals surface area (Å²) in [5.41, 5.74) is 0. The highest BCUT2D eigenvalue weighted by Crippen LogP contribution is 2.15. The van der Waals surface area contributed by atoms with Gasteiger partial charge in [0.05, 0.1) is 0 Å². The molecule has 0 saturated carbocycles. The van der Waals surface area contributed by atoms with Crippen molar-refractivity contribution in [2.45, 2.75) is 59.8 Å². The minimum Gasteiger partial charge on any atom is -0.396 e. The van der Waals surface area contributed by atoms with Crippen molar-refractivity contribution < 1.29 is 5.11 Å². The summed E-state index contributed by atoms with van der Waals surface area (Å²) >= 11 is 0. The Balaban J connectivity index is 4.24. The Morgan fingerprint density at radius 3 is 2.45 bits per heavy atom. The van der Waals surface area contributed by atoms with Crippen molar-refractivity contribution in [3.8, 4) is 0 Å². The topological polar surface area (TPSA) is 56.7 Å². The van der Waals surface area contributed by atoms with E-state index in [0.29, 0.717) is 11.8 Å². The summed E-state index contributed by atoms with van der Waals surface area (Å²) < 4.78 is 0. The number of rotatable bonds is 11. The van der Waals surface area contributed by atoms with Crippen LogP contribution in [0.2, 0.25) is 0 Å². The van der Waals surface area contributed by atoms with E-state index in [-0.39, 0.29) is 6.61 Å². The fraction of sp³-hybridized carbons (Fsp3) is 0.938. The second-order valence-corrected chi connectivity index (χ2v) is 5.86. The van der Waals surface area contributed by atoms with Gasteiger partial charge in [-0.1, -0.05) is 33.6 Å². The minimum absolute atomic E-state index is 0.257. The molecule has 1 unspecified atom stereocenters. The van der Waals surface area contributed by atoms with Gasteiger partial charge in [-0.3, -0.25) is 4.99 Å². The lowest BCUT2D eigenvalue weighted by molar-refractivity contribution is 0.245. The molecule has 0 bridgehead atoms. The van der Waals surface area contributed by atoms with E-state index in [1.807, 2.05) is 0 Å². The van der Waals surface area contributed by atoms with Crippen LogP contribution in [0.1, 0.15) is 59.8 Å². The van der Waals surface area contributed by atoms with Crippen LogP contribution < -0.4 is 10.6 Å². The number of hydrogen-bond acceptors (Lipinski definition) is 2. The molecule has 0 aromatic heterocycles. The molecule has 20 heavy (non-hydrogen) atoms. The molecule has 0 aromatic rings. The summed E-state index contributed by atoms with van der Waals surface area (Å²) in [6.45, 7) is 11.7. The number of nitrogens with zero attached hydrogens (tertiary/aromatic N) is 1. The lowest BCUT2D eigenvalue weighted by Crippen LogP contribution is -2.38. The van der Waals surface area contributed by atoms with E-state index >= 15 is 0 Å². The first-order valence-corrected chi connectivity index (χ1v) is 8.27. The van der Waals surface area contributed by atoms with Gasteiger partial charge < -0.3 is 15.7 Å². The van der Waals surface area contributed by atoms with Crippen molar-refractivity contribution in [3.63, 3.8) is 0 Å². The Kier molecular flexibility index (Phi) is 12.7. The van der Waals surface area contributed by atoms with Crippen molar-refractivity contribution in [2.24, 2.45) is 16.8 Å². The maximum Gasteiger partial charge on any atom is 0.191 e. The number of guanidine groups is 1. The summed E-state index contributed by atoms with van der Waals surface area (Å²) in [5, 5.41) is 15.8. The maximum absolute atomic E-state index is 9.14. The highest BCUT2D eigenvalue weighted by atomic mass is 16.3. The Labute approximate surface area is 125 Å². The molecule has 0 aliphatic rings. The van der Waals surface area contributed by atoms with Gasteiger partial charge in [-0.2, -0.15) is 0 Å². The molecule has 1 atom stereocenters. The van der Waals surface area contributed by atoms with Gasteiger partial charge in [0.15, 0.2) is 5.96 Å². The van der Waals surface area contributed by atoms with E-state index in [0.717, 1.165) is 38.4 Å². The Morgan fingerprint density at radius 2 is 1.90 bits per heavy atom. The van der Waals surface area contributed by atoms with E-state index in [4.69, 9.17) is 5.11 Å². The molecule has 4 nitrogen and oxygen atoms in total. The molecule has 0 rings (SSSR count). The number of aliphatic imine (C=N–C) groups is 1. The van der Waals surface area contributed by atoms with Gasteiger partial charge in [0, 0.05) is 26.2 Å². The average Bonchev–Trinajstić information content (AvgIpc) is 2.40. The average molecular weight is 285 g/mol. The third-order valence-corrected chi connectivity index (χ3v) is 3.27. The second kappa shape index (κ2) is 13.2. The molecule has 0 fully saturated rings. The van der Waals surface area contributed by atoms with Crippen molar-refractivity contribution in [2.75, 3.05) is 26.2 Å². The maximum atomic E-state index is 9.14. The molecule has 0 saturated heterocycles. The zero-order chi connectivity index (χ0) is 15.2. The highest BCUT2D eigenvalue weighted by molar-refractivity contribution is 5.79. The number of hydrogen-bond donors (Lipinski definition) is 3. The second-order valence-electron chi connectivity index (χ2n) is 5.86. The van der Waals surface area contributed by atoms with E-state index in [1.54, 1.807) is 0 Å². The van der Waals surface area contributed by atoms with Gasteiger partial charge in [0.1, 0.15) is 0 Å². The molecule has 0 heterocycles. The molecule has 0 spiro atoms. The predicted octanol–water partition coefficient (Wildman–Crippen LogP) is 2.78. The molecule has 4 heteroatoms. The van der Waals surface area contributed by atoms with Gasteiger partial charge in [0.25, 0.3) is 0 Å². The minimum atomic E-state index is 0.257.